The van der Waals surface area contributed by atoms with E-state index in [1.807, 2.05) is 0 Å². The maximum Gasteiger partial charge on any atom is 0.0719 e. The van der Waals surface area contributed by atoms with Crippen molar-refractivity contribution < 1.29 is 0 Å². The average molecular weight is 830 g/mol. The zero-order valence-corrected chi connectivity index (χ0v) is 36.6. The molecule has 1 nitrogen and oxygen atoms in total. The normalized spacial score (nSPS) is 13.6. The quantitative estimate of drug-likeness (QED) is 0.155. The molecule has 0 saturated heterocycles. The molecule has 2 aliphatic rings. The minimum Gasteiger partial charge on any atom is -0.310 e. The van der Waals surface area contributed by atoms with E-state index in [-0.39, 0.29) is 5.41 Å². The van der Waals surface area contributed by atoms with Gasteiger partial charge in [0.2, 0.25) is 0 Å². The first kappa shape index (κ1) is 38.7. The number of anilines is 3. The van der Waals surface area contributed by atoms with E-state index in [9.17, 15) is 0 Å². The van der Waals surface area contributed by atoms with Gasteiger partial charge in [-0.05, 0) is 131 Å². The van der Waals surface area contributed by atoms with Gasteiger partial charge in [0.25, 0.3) is 0 Å². The predicted octanol–water partition coefficient (Wildman–Crippen LogP) is 16.8. The summed E-state index contributed by atoms with van der Waals surface area (Å²) in [5, 5.41) is 0. The smallest absolute Gasteiger partial charge is 0.0719 e. The number of hydrogen-bond acceptors (Lipinski definition) is 1. The van der Waals surface area contributed by atoms with E-state index in [1.165, 1.54) is 89.0 Å². The lowest BCUT2D eigenvalue weighted by atomic mass is 9.54. The Hall–Kier alpha value is -8.00. The highest BCUT2D eigenvalue weighted by atomic mass is 15.1. The molecule has 1 spiro atoms. The van der Waals surface area contributed by atoms with Crippen LogP contribution in [0.3, 0.4) is 0 Å². The third-order valence-electron chi connectivity index (χ3n) is 14.1. The molecule has 308 valence electrons. The van der Waals surface area contributed by atoms with Crippen LogP contribution in [-0.2, 0) is 10.8 Å². The van der Waals surface area contributed by atoms with E-state index in [0.29, 0.717) is 0 Å². The molecule has 0 atom stereocenters. The monoisotopic (exact) mass is 829 g/mol. The summed E-state index contributed by atoms with van der Waals surface area (Å²) < 4.78 is 0. The summed E-state index contributed by atoms with van der Waals surface area (Å²) in [5.74, 6) is 0. The maximum atomic E-state index is 2.43. The minimum atomic E-state index is -0.439. The topological polar surface area (TPSA) is 3.24 Å². The molecule has 2 aliphatic carbocycles. The number of hydrogen-bond donors (Lipinski definition) is 0. The lowest BCUT2D eigenvalue weighted by Crippen LogP contribution is -2.41. The van der Waals surface area contributed by atoms with E-state index in [4.69, 9.17) is 0 Å². The summed E-state index contributed by atoms with van der Waals surface area (Å²) in [6, 6.07) is 91.9. The zero-order valence-electron chi connectivity index (χ0n) is 36.6. The molecule has 10 aromatic rings. The van der Waals surface area contributed by atoms with Crippen molar-refractivity contribution in [2.24, 2.45) is 0 Å². The molecule has 0 heterocycles. The van der Waals surface area contributed by atoms with Crippen molar-refractivity contribution in [3.8, 4) is 55.6 Å². The molecule has 0 unspecified atom stereocenters. The molecule has 65 heavy (non-hydrogen) atoms. The van der Waals surface area contributed by atoms with Crippen LogP contribution in [0.4, 0.5) is 17.1 Å². The Kier molecular flexibility index (Phi) is 9.14. The number of fused-ring (bicyclic) bond motifs is 9. The molecule has 12 rings (SSSR count). The van der Waals surface area contributed by atoms with Gasteiger partial charge in [0.1, 0.15) is 0 Å². The molecule has 0 aromatic heterocycles. The van der Waals surface area contributed by atoms with Crippen LogP contribution in [0.25, 0.3) is 55.6 Å². The third-order valence-corrected chi connectivity index (χ3v) is 14.1. The van der Waals surface area contributed by atoms with Gasteiger partial charge >= 0.3 is 0 Å². The lowest BCUT2D eigenvalue weighted by Gasteiger charge is -2.47. The minimum absolute atomic E-state index is 0.269. The largest absolute Gasteiger partial charge is 0.310 e. The van der Waals surface area contributed by atoms with E-state index in [1.54, 1.807) is 0 Å². The Balaban J connectivity index is 1.06. The summed E-state index contributed by atoms with van der Waals surface area (Å²) in [5.41, 5.74) is 23.0. The second kappa shape index (κ2) is 15.4. The Labute approximate surface area is 382 Å². The number of nitrogens with zero attached hydrogens (tertiary/aromatic N) is 1. The van der Waals surface area contributed by atoms with Gasteiger partial charge in [-0.1, -0.05) is 220 Å². The average Bonchev–Trinajstić information content (AvgIpc) is 3.67. The molecular weight excluding hydrogens is 783 g/mol. The SMILES string of the molecule is CC1(C)c2ccccc2C2(c3ccccc3-c3ccccc32)c2cccc(-c3ccc(N(c4cccc(-c5ccccc5)c4)c4cc(-c5ccccc5)cc(-c5ccccc5)c4)cc3)c21. The van der Waals surface area contributed by atoms with Crippen LogP contribution in [0.1, 0.15) is 47.2 Å². The van der Waals surface area contributed by atoms with Gasteiger partial charge in [0.15, 0.2) is 0 Å². The van der Waals surface area contributed by atoms with Gasteiger partial charge in [0, 0.05) is 22.5 Å². The fourth-order valence-corrected chi connectivity index (χ4v) is 11.3. The summed E-state index contributed by atoms with van der Waals surface area (Å²) in [7, 11) is 0. The van der Waals surface area contributed by atoms with Gasteiger partial charge in [0.05, 0.1) is 5.41 Å². The van der Waals surface area contributed by atoms with Crippen LogP contribution < -0.4 is 4.90 Å². The van der Waals surface area contributed by atoms with E-state index >= 15 is 0 Å². The van der Waals surface area contributed by atoms with E-state index < -0.39 is 5.41 Å². The fourth-order valence-electron chi connectivity index (χ4n) is 11.3. The van der Waals surface area contributed by atoms with Crippen molar-refractivity contribution in [1.29, 1.82) is 0 Å². The van der Waals surface area contributed by atoms with Crippen molar-refractivity contribution in [2.45, 2.75) is 24.7 Å². The van der Waals surface area contributed by atoms with Crippen molar-refractivity contribution in [3.05, 3.63) is 282 Å². The molecule has 0 aliphatic heterocycles. The fraction of sp³-hybridized carbons (Fsp3) is 0.0625. The van der Waals surface area contributed by atoms with Gasteiger partial charge in [-0.15, -0.1) is 0 Å². The lowest BCUT2D eigenvalue weighted by molar-refractivity contribution is 0.565. The van der Waals surface area contributed by atoms with Gasteiger partial charge in [-0.25, -0.2) is 0 Å². The van der Waals surface area contributed by atoms with Crippen molar-refractivity contribution >= 4 is 17.1 Å². The Morgan fingerprint density at radius 1 is 0.262 bits per heavy atom. The Morgan fingerprint density at radius 2 is 0.692 bits per heavy atom. The molecule has 0 saturated carbocycles. The zero-order chi connectivity index (χ0) is 43.5. The molecule has 0 N–H and O–H groups in total. The first-order valence-electron chi connectivity index (χ1n) is 22.8. The predicted molar refractivity (Wildman–Crippen MR) is 272 cm³/mol. The number of benzene rings is 10. The standard InChI is InChI=1S/C64H47N/c1-63(2)59-33-16-17-34-60(59)64(57-31-14-12-28-55(57)56-29-13-15-32-58(56)64)61-35-19-30-54(62(61)63)47-36-38-51(39-37-47)65(52-27-18-26-48(41-52)44-20-6-3-7-21-44)53-42-49(45-22-8-4-9-23-45)40-50(43-53)46-24-10-5-11-25-46/h3-43H,1-2H3. The van der Waals surface area contributed by atoms with Crippen LogP contribution in [0.15, 0.2) is 249 Å². The molecule has 1 heteroatoms. The van der Waals surface area contributed by atoms with Crippen LogP contribution >= 0.6 is 0 Å². The van der Waals surface area contributed by atoms with Crippen molar-refractivity contribution in [2.75, 3.05) is 4.90 Å². The Bertz CT molecular complexity index is 3280. The van der Waals surface area contributed by atoms with Crippen LogP contribution in [0.2, 0.25) is 0 Å². The van der Waals surface area contributed by atoms with Crippen LogP contribution in [0, 0.1) is 0 Å². The second-order valence-electron chi connectivity index (χ2n) is 18.0. The first-order valence-corrected chi connectivity index (χ1v) is 22.8. The maximum absolute atomic E-state index is 2.43. The van der Waals surface area contributed by atoms with E-state index in [0.717, 1.165) is 17.1 Å². The highest BCUT2D eigenvalue weighted by molar-refractivity contribution is 5.91. The first-order chi connectivity index (χ1) is 32.0. The van der Waals surface area contributed by atoms with Gasteiger partial charge in [-0.3, -0.25) is 0 Å². The van der Waals surface area contributed by atoms with Gasteiger partial charge in [-0.2, -0.15) is 0 Å². The van der Waals surface area contributed by atoms with E-state index in [2.05, 4.69) is 267 Å². The highest BCUT2D eigenvalue weighted by Crippen LogP contribution is 2.63. The van der Waals surface area contributed by atoms with Crippen molar-refractivity contribution in [1.82, 2.24) is 0 Å². The van der Waals surface area contributed by atoms with Crippen LogP contribution in [-0.4, -0.2) is 0 Å². The summed E-state index contributed by atoms with van der Waals surface area (Å²) in [6.07, 6.45) is 0. The number of rotatable bonds is 7. The summed E-state index contributed by atoms with van der Waals surface area (Å²) >= 11 is 0. The molecule has 0 bridgehead atoms. The molecule has 10 aromatic carbocycles. The molecule has 0 fully saturated rings. The molecular formula is C64H47N. The van der Waals surface area contributed by atoms with Crippen LogP contribution in [0.5, 0.6) is 0 Å². The summed E-state index contributed by atoms with van der Waals surface area (Å²) in [6.45, 7) is 4.85. The second-order valence-corrected chi connectivity index (χ2v) is 18.0. The van der Waals surface area contributed by atoms with Gasteiger partial charge < -0.3 is 4.90 Å². The van der Waals surface area contributed by atoms with Crippen molar-refractivity contribution in [3.63, 3.8) is 0 Å². The third kappa shape index (κ3) is 6.15. The molecule has 0 amide bonds. The molecule has 0 radical (unpaired) electrons. The highest BCUT2D eigenvalue weighted by Gasteiger charge is 2.53. The Morgan fingerprint density at radius 3 is 1.28 bits per heavy atom. The summed E-state index contributed by atoms with van der Waals surface area (Å²) in [4.78, 5) is 2.43.